The van der Waals surface area contributed by atoms with Crippen LogP contribution in [-0.2, 0) is 4.79 Å². The maximum atomic E-state index is 11.8. The summed E-state index contributed by atoms with van der Waals surface area (Å²) >= 11 is 0. The van der Waals surface area contributed by atoms with Crippen molar-refractivity contribution in [3.05, 3.63) is 29.8 Å². The van der Waals surface area contributed by atoms with E-state index in [-0.39, 0.29) is 17.7 Å². The number of nitrogens with zero attached hydrogens (tertiary/aromatic N) is 1. The van der Waals surface area contributed by atoms with Crippen molar-refractivity contribution in [1.82, 2.24) is 0 Å². The molecule has 0 bridgehead atoms. The standard InChI is InChI=1S/C12H11NO2/c14-11-9-6-1-2-7-10(9)13(12(11)15)8-4-3-5-8/h1-2,6-8H,3-5H2. The summed E-state index contributed by atoms with van der Waals surface area (Å²) in [6, 6.07) is 7.51. The predicted molar refractivity (Wildman–Crippen MR) is 55.9 cm³/mol. The summed E-state index contributed by atoms with van der Waals surface area (Å²) in [5, 5.41) is 0. The molecule has 0 radical (unpaired) electrons. The van der Waals surface area contributed by atoms with Crippen LogP contribution in [0.25, 0.3) is 0 Å². The van der Waals surface area contributed by atoms with Crippen molar-refractivity contribution < 1.29 is 9.59 Å². The van der Waals surface area contributed by atoms with E-state index in [9.17, 15) is 9.59 Å². The molecule has 76 valence electrons. The zero-order chi connectivity index (χ0) is 10.4. The largest absolute Gasteiger partial charge is 0.302 e. The van der Waals surface area contributed by atoms with E-state index in [1.807, 2.05) is 12.1 Å². The van der Waals surface area contributed by atoms with Crippen LogP contribution < -0.4 is 4.90 Å². The second-order valence-corrected chi connectivity index (χ2v) is 4.11. The van der Waals surface area contributed by atoms with Gasteiger partial charge < -0.3 is 4.90 Å². The van der Waals surface area contributed by atoms with Crippen molar-refractivity contribution in [2.45, 2.75) is 25.3 Å². The van der Waals surface area contributed by atoms with E-state index >= 15 is 0 Å². The number of Topliss-reactive ketones (excluding diaryl/α,β-unsaturated/α-hetero) is 1. The number of benzene rings is 1. The number of hydrogen-bond donors (Lipinski definition) is 0. The molecule has 1 aliphatic carbocycles. The molecule has 0 spiro atoms. The number of carbonyl (C=O) groups excluding carboxylic acids is 2. The number of ketones is 1. The average Bonchev–Trinajstić information content (AvgIpc) is 2.42. The zero-order valence-electron chi connectivity index (χ0n) is 8.27. The molecule has 3 nitrogen and oxygen atoms in total. The third-order valence-electron chi connectivity index (χ3n) is 3.26. The van der Waals surface area contributed by atoms with Gasteiger partial charge in [-0.05, 0) is 31.4 Å². The van der Waals surface area contributed by atoms with Crippen molar-refractivity contribution in [3.8, 4) is 0 Å². The molecule has 1 saturated carbocycles. The average molecular weight is 201 g/mol. The highest BCUT2D eigenvalue weighted by Gasteiger charge is 2.41. The maximum absolute atomic E-state index is 11.8. The minimum Gasteiger partial charge on any atom is -0.302 e. The van der Waals surface area contributed by atoms with Crippen LogP contribution in [0.3, 0.4) is 0 Å². The Morgan fingerprint density at radius 1 is 1.13 bits per heavy atom. The zero-order valence-corrected chi connectivity index (χ0v) is 8.27. The van der Waals surface area contributed by atoms with E-state index < -0.39 is 0 Å². The fourth-order valence-electron chi connectivity index (χ4n) is 2.22. The lowest BCUT2D eigenvalue weighted by molar-refractivity contribution is -0.115. The first-order valence-corrected chi connectivity index (χ1v) is 5.26. The minimum atomic E-state index is -0.350. The molecule has 1 aliphatic heterocycles. The van der Waals surface area contributed by atoms with Crippen molar-refractivity contribution >= 4 is 17.4 Å². The third-order valence-corrected chi connectivity index (χ3v) is 3.26. The van der Waals surface area contributed by atoms with E-state index in [1.54, 1.807) is 17.0 Å². The van der Waals surface area contributed by atoms with E-state index in [0.717, 1.165) is 24.9 Å². The molecule has 0 unspecified atom stereocenters. The van der Waals surface area contributed by atoms with E-state index in [0.29, 0.717) is 5.56 Å². The Hall–Kier alpha value is -1.64. The lowest BCUT2D eigenvalue weighted by atomic mass is 9.91. The topological polar surface area (TPSA) is 37.4 Å². The molecule has 0 aromatic heterocycles. The molecule has 2 aliphatic rings. The Morgan fingerprint density at radius 2 is 1.87 bits per heavy atom. The molecule has 1 amide bonds. The molecule has 3 heteroatoms. The van der Waals surface area contributed by atoms with Gasteiger partial charge in [-0.1, -0.05) is 12.1 Å². The quantitative estimate of drug-likeness (QED) is 0.649. The predicted octanol–water partition coefficient (Wildman–Crippen LogP) is 1.77. The normalized spacial score (nSPS) is 20.4. The summed E-state index contributed by atoms with van der Waals surface area (Å²) < 4.78 is 0. The number of rotatable bonds is 1. The number of carbonyl (C=O) groups is 2. The number of para-hydroxylation sites is 1. The maximum Gasteiger partial charge on any atom is 0.299 e. The van der Waals surface area contributed by atoms with Crippen molar-refractivity contribution in [3.63, 3.8) is 0 Å². The Morgan fingerprint density at radius 3 is 2.53 bits per heavy atom. The summed E-state index contributed by atoms with van der Waals surface area (Å²) in [5.74, 6) is -0.696. The van der Waals surface area contributed by atoms with Crippen LogP contribution in [0.2, 0.25) is 0 Å². The summed E-state index contributed by atoms with van der Waals surface area (Å²) in [7, 11) is 0. The second kappa shape index (κ2) is 2.92. The molecule has 1 fully saturated rings. The highest BCUT2D eigenvalue weighted by Crippen LogP contribution is 2.36. The SMILES string of the molecule is O=C1C(=O)N(C2CCC2)c2ccccc21. The van der Waals surface area contributed by atoms with Crippen LogP contribution in [-0.4, -0.2) is 17.7 Å². The highest BCUT2D eigenvalue weighted by molar-refractivity contribution is 6.52. The van der Waals surface area contributed by atoms with E-state index in [1.165, 1.54) is 0 Å². The number of fused-ring (bicyclic) bond motifs is 1. The van der Waals surface area contributed by atoms with Crippen LogP contribution in [0.5, 0.6) is 0 Å². The third kappa shape index (κ3) is 1.06. The number of hydrogen-bond acceptors (Lipinski definition) is 2. The lowest BCUT2D eigenvalue weighted by Gasteiger charge is -2.34. The van der Waals surface area contributed by atoms with Gasteiger partial charge in [-0.2, -0.15) is 0 Å². The van der Waals surface area contributed by atoms with E-state index in [2.05, 4.69) is 0 Å². The summed E-state index contributed by atoms with van der Waals surface area (Å²) in [5.41, 5.74) is 1.37. The first-order valence-electron chi connectivity index (χ1n) is 5.26. The van der Waals surface area contributed by atoms with Crippen LogP contribution in [0.4, 0.5) is 5.69 Å². The first-order chi connectivity index (χ1) is 7.29. The van der Waals surface area contributed by atoms with Crippen LogP contribution >= 0.6 is 0 Å². The Labute approximate surface area is 87.7 Å². The van der Waals surface area contributed by atoms with Gasteiger partial charge in [0.2, 0.25) is 0 Å². The molecular weight excluding hydrogens is 190 g/mol. The van der Waals surface area contributed by atoms with Gasteiger partial charge >= 0.3 is 0 Å². The fourth-order valence-corrected chi connectivity index (χ4v) is 2.22. The van der Waals surface area contributed by atoms with Gasteiger partial charge in [-0.3, -0.25) is 9.59 Å². The highest BCUT2D eigenvalue weighted by atomic mass is 16.2. The summed E-state index contributed by atoms with van der Waals surface area (Å²) in [4.78, 5) is 25.1. The smallest absolute Gasteiger partial charge is 0.299 e. The van der Waals surface area contributed by atoms with E-state index in [4.69, 9.17) is 0 Å². The number of anilines is 1. The van der Waals surface area contributed by atoms with Crippen molar-refractivity contribution in [2.75, 3.05) is 4.90 Å². The molecule has 0 saturated heterocycles. The molecule has 3 rings (SSSR count). The monoisotopic (exact) mass is 201 g/mol. The first kappa shape index (κ1) is 8.65. The molecule has 1 heterocycles. The molecule has 1 aromatic rings. The van der Waals surface area contributed by atoms with Gasteiger partial charge in [0.25, 0.3) is 11.7 Å². The van der Waals surface area contributed by atoms with Gasteiger partial charge in [0.1, 0.15) is 0 Å². The Kier molecular flexibility index (Phi) is 1.69. The molecule has 0 atom stereocenters. The Bertz CT molecular complexity index is 449. The van der Waals surface area contributed by atoms with Gasteiger partial charge in [0.15, 0.2) is 0 Å². The van der Waals surface area contributed by atoms with Gasteiger partial charge in [-0.25, -0.2) is 0 Å². The summed E-state index contributed by atoms with van der Waals surface area (Å²) in [6.45, 7) is 0. The molecule has 0 N–H and O–H groups in total. The van der Waals surface area contributed by atoms with Gasteiger partial charge in [0, 0.05) is 6.04 Å². The van der Waals surface area contributed by atoms with Crippen LogP contribution in [0.15, 0.2) is 24.3 Å². The summed E-state index contributed by atoms with van der Waals surface area (Å²) in [6.07, 6.45) is 3.20. The minimum absolute atomic E-state index is 0.255. The lowest BCUT2D eigenvalue weighted by Crippen LogP contribution is -2.43. The molecule has 15 heavy (non-hydrogen) atoms. The van der Waals surface area contributed by atoms with Gasteiger partial charge in [0.05, 0.1) is 11.3 Å². The van der Waals surface area contributed by atoms with Crippen LogP contribution in [0.1, 0.15) is 29.6 Å². The fraction of sp³-hybridized carbons (Fsp3) is 0.333. The Balaban J connectivity index is 2.09. The molecule has 1 aromatic carbocycles. The van der Waals surface area contributed by atoms with Crippen molar-refractivity contribution in [1.29, 1.82) is 0 Å². The number of amides is 1. The van der Waals surface area contributed by atoms with Gasteiger partial charge in [-0.15, -0.1) is 0 Å². The second-order valence-electron chi connectivity index (χ2n) is 4.11. The van der Waals surface area contributed by atoms with Crippen molar-refractivity contribution in [2.24, 2.45) is 0 Å². The van der Waals surface area contributed by atoms with Crippen LogP contribution in [0, 0.1) is 0 Å². The molecular formula is C12H11NO2.